The van der Waals surface area contributed by atoms with Gasteiger partial charge in [-0.25, -0.2) is 0 Å². The molecule has 0 aliphatic carbocycles. The van der Waals surface area contributed by atoms with Crippen LogP contribution < -0.4 is 10.5 Å². The predicted molar refractivity (Wildman–Crippen MR) is 89.8 cm³/mol. The molecule has 118 valence electrons. The maximum Gasteiger partial charge on any atom is 0.260 e. The van der Waals surface area contributed by atoms with Gasteiger partial charge in [-0.1, -0.05) is 29.8 Å². The lowest BCUT2D eigenvalue weighted by atomic mass is 9.80. The number of hydrogen-bond acceptors (Lipinski definition) is 3. The number of likely N-dealkylation sites (tertiary alicyclic amines) is 1. The van der Waals surface area contributed by atoms with Crippen molar-refractivity contribution in [1.29, 1.82) is 0 Å². The Labute approximate surface area is 140 Å². The van der Waals surface area contributed by atoms with E-state index in [1.807, 2.05) is 29.2 Å². The summed E-state index contributed by atoms with van der Waals surface area (Å²) in [6.45, 7) is 5.69. The normalized spacial score (nSPS) is 20.6. The van der Waals surface area contributed by atoms with Crippen molar-refractivity contribution in [3.63, 3.8) is 0 Å². The summed E-state index contributed by atoms with van der Waals surface area (Å²) >= 11 is 3.36. The number of nitrogens with two attached hydrogens (primary N) is 1. The van der Waals surface area contributed by atoms with Crippen LogP contribution in [0.25, 0.3) is 0 Å². The minimum Gasteiger partial charge on any atom is -0.484 e. The van der Waals surface area contributed by atoms with Gasteiger partial charge < -0.3 is 15.4 Å². The first-order valence-corrected chi connectivity index (χ1v) is 7.59. The molecule has 4 nitrogen and oxygen atoms in total. The van der Waals surface area contributed by atoms with Crippen molar-refractivity contribution in [2.45, 2.75) is 26.3 Å². The average molecular weight is 378 g/mol. The molecule has 2 rings (SSSR count). The van der Waals surface area contributed by atoms with Crippen LogP contribution in [0.2, 0.25) is 0 Å². The Morgan fingerprint density at radius 3 is 2.62 bits per heavy atom. The SMILES string of the molecule is CC1(C)CN(C(=O)COc2ccc(Br)cc2)CCC1N.Cl. The number of piperidine rings is 1. The summed E-state index contributed by atoms with van der Waals surface area (Å²) in [5.41, 5.74) is 6.04. The second kappa shape index (κ2) is 7.47. The van der Waals surface area contributed by atoms with Gasteiger partial charge in [-0.15, -0.1) is 12.4 Å². The lowest BCUT2D eigenvalue weighted by Gasteiger charge is -2.42. The van der Waals surface area contributed by atoms with E-state index in [0.717, 1.165) is 10.9 Å². The third-order valence-electron chi connectivity index (χ3n) is 3.84. The summed E-state index contributed by atoms with van der Waals surface area (Å²) in [7, 11) is 0. The van der Waals surface area contributed by atoms with Crippen molar-refractivity contribution in [2.75, 3.05) is 19.7 Å². The highest BCUT2D eigenvalue weighted by molar-refractivity contribution is 9.10. The first-order chi connectivity index (χ1) is 9.38. The van der Waals surface area contributed by atoms with Crippen LogP contribution in [-0.2, 0) is 4.79 Å². The lowest BCUT2D eigenvalue weighted by molar-refractivity contribution is -0.136. The average Bonchev–Trinajstić information content (AvgIpc) is 2.41. The van der Waals surface area contributed by atoms with Gasteiger partial charge in [0, 0.05) is 23.6 Å². The lowest BCUT2D eigenvalue weighted by Crippen LogP contribution is -2.54. The quantitative estimate of drug-likeness (QED) is 0.881. The molecular weight excluding hydrogens is 356 g/mol. The predicted octanol–water partition coefficient (Wildman–Crippen LogP) is 2.84. The fourth-order valence-electron chi connectivity index (χ4n) is 2.35. The van der Waals surface area contributed by atoms with E-state index in [2.05, 4.69) is 29.8 Å². The molecule has 0 aromatic heterocycles. The molecule has 0 radical (unpaired) electrons. The van der Waals surface area contributed by atoms with Gasteiger partial charge in [0.25, 0.3) is 5.91 Å². The van der Waals surface area contributed by atoms with E-state index < -0.39 is 0 Å². The molecule has 1 unspecified atom stereocenters. The van der Waals surface area contributed by atoms with Gasteiger partial charge in [-0.3, -0.25) is 4.79 Å². The summed E-state index contributed by atoms with van der Waals surface area (Å²) in [6, 6.07) is 7.62. The van der Waals surface area contributed by atoms with Crippen LogP contribution in [0.3, 0.4) is 0 Å². The van der Waals surface area contributed by atoms with Gasteiger partial charge in [0.05, 0.1) is 0 Å². The topological polar surface area (TPSA) is 55.6 Å². The molecule has 1 heterocycles. The Balaban J connectivity index is 0.00000220. The molecule has 0 bridgehead atoms. The monoisotopic (exact) mass is 376 g/mol. The van der Waals surface area contributed by atoms with Gasteiger partial charge >= 0.3 is 0 Å². The Bertz CT molecular complexity index is 479. The first-order valence-electron chi connectivity index (χ1n) is 6.80. The molecule has 6 heteroatoms. The van der Waals surface area contributed by atoms with E-state index in [0.29, 0.717) is 18.8 Å². The van der Waals surface area contributed by atoms with Gasteiger partial charge in [-0.2, -0.15) is 0 Å². The zero-order valence-electron chi connectivity index (χ0n) is 12.3. The third kappa shape index (κ3) is 4.87. The van der Waals surface area contributed by atoms with Crippen LogP contribution in [0.4, 0.5) is 0 Å². The summed E-state index contributed by atoms with van der Waals surface area (Å²) < 4.78 is 6.52. The van der Waals surface area contributed by atoms with E-state index in [4.69, 9.17) is 10.5 Å². The van der Waals surface area contributed by atoms with Gasteiger partial charge in [0.15, 0.2) is 6.61 Å². The van der Waals surface area contributed by atoms with Crippen molar-refractivity contribution in [1.82, 2.24) is 4.90 Å². The van der Waals surface area contributed by atoms with Crippen molar-refractivity contribution in [3.05, 3.63) is 28.7 Å². The largest absolute Gasteiger partial charge is 0.484 e. The number of halogens is 2. The van der Waals surface area contributed by atoms with Gasteiger partial charge in [-0.05, 0) is 36.1 Å². The minimum absolute atomic E-state index is 0. The Hall–Kier alpha value is -0.780. The Morgan fingerprint density at radius 1 is 1.43 bits per heavy atom. The van der Waals surface area contributed by atoms with Crippen molar-refractivity contribution in [3.8, 4) is 5.75 Å². The van der Waals surface area contributed by atoms with E-state index >= 15 is 0 Å². The van der Waals surface area contributed by atoms with E-state index in [9.17, 15) is 4.79 Å². The van der Waals surface area contributed by atoms with Gasteiger partial charge in [0.1, 0.15) is 5.75 Å². The molecule has 0 spiro atoms. The van der Waals surface area contributed by atoms with Crippen molar-refractivity contribution < 1.29 is 9.53 Å². The number of hydrogen-bond donors (Lipinski definition) is 1. The van der Waals surface area contributed by atoms with Crippen LogP contribution in [-0.4, -0.2) is 36.5 Å². The number of rotatable bonds is 3. The van der Waals surface area contributed by atoms with E-state index in [1.165, 1.54) is 0 Å². The van der Waals surface area contributed by atoms with Crippen LogP contribution in [0.5, 0.6) is 5.75 Å². The minimum atomic E-state index is -0.0362. The number of carbonyl (C=O) groups excluding carboxylic acids is 1. The standard InChI is InChI=1S/C15H21BrN2O2.ClH/c1-15(2)10-18(8-7-13(15)17)14(19)9-20-12-5-3-11(16)4-6-12;/h3-6,13H,7-10,17H2,1-2H3;1H. The smallest absolute Gasteiger partial charge is 0.260 e. The second-order valence-electron chi connectivity index (χ2n) is 5.94. The highest BCUT2D eigenvalue weighted by Crippen LogP contribution is 2.27. The summed E-state index contributed by atoms with van der Waals surface area (Å²) in [6.07, 6.45) is 0.844. The summed E-state index contributed by atoms with van der Waals surface area (Å²) in [5, 5.41) is 0. The zero-order chi connectivity index (χ0) is 14.8. The van der Waals surface area contributed by atoms with Crippen LogP contribution in [0, 0.1) is 5.41 Å². The molecule has 1 aliphatic rings. The highest BCUT2D eigenvalue weighted by atomic mass is 79.9. The summed E-state index contributed by atoms with van der Waals surface area (Å²) in [4.78, 5) is 14.0. The van der Waals surface area contributed by atoms with E-state index in [1.54, 1.807) is 0 Å². The van der Waals surface area contributed by atoms with Crippen molar-refractivity contribution in [2.24, 2.45) is 11.1 Å². The third-order valence-corrected chi connectivity index (χ3v) is 4.37. The van der Waals surface area contributed by atoms with Crippen LogP contribution in [0.1, 0.15) is 20.3 Å². The molecule has 1 aromatic rings. The Morgan fingerprint density at radius 2 is 2.05 bits per heavy atom. The molecule has 1 aliphatic heterocycles. The number of nitrogens with zero attached hydrogens (tertiary/aromatic N) is 1. The van der Waals surface area contributed by atoms with Crippen molar-refractivity contribution >= 4 is 34.2 Å². The molecule has 0 saturated carbocycles. The fourth-order valence-corrected chi connectivity index (χ4v) is 2.62. The molecule has 21 heavy (non-hydrogen) atoms. The second-order valence-corrected chi connectivity index (χ2v) is 6.86. The molecule has 1 aromatic carbocycles. The molecule has 1 atom stereocenters. The number of ether oxygens (including phenoxy) is 1. The van der Waals surface area contributed by atoms with Crippen LogP contribution in [0.15, 0.2) is 28.7 Å². The fraction of sp³-hybridized carbons (Fsp3) is 0.533. The van der Waals surface area contributed by atoms with E-state index in [-0.39, 0.29) is 36.4 Å². The Kier molecular flexibility index (Phi) is 6.50. The first kappa shape index (κ1) is 18.3. The zero-order valence-corrected chi connectivity index (χ0v) is 14.7. The highest BCUT2D eigenvalue weighted by Gasteiger charge is 2.35. The number of benzene rings is 1. The molecule has 2 N–H and O–H groups in total. The maximum absolute atomic E-state index is 12.2. The maximum atomic E-state index is 12.2. The van der Waals surface area contributed by atoms with Gasteiger partial charge in [0.2, 0.25) is 0 Å². The molecular formula is C15H22BrClN2O2. The molecule has 1 amide bonds. The summed E-state index contributed by atoms with van der Waals surface area (Å²) in [5.74, 6) is 0.724. The van der Waals surface area contributed by atoms with Crippen LogP contribution >= 0.6 is 28.3 Å². The molecule has 1 saturated heterocycles. The number of carbonyl (C=O) groups is 1. The molecule has 1 fully saturated rings. The number of amides is 1.